The lowest BCUT2D eigenvalue weighted by Crippen LogP contribution is -2.71. The predicted octanol–water partition coefficient (Wildman–Crippen LogP) is 2.72. The number of nitrogens with zero attached hydrogens (tertiary/aromatic N) is 5. The van der Waals surface area contributed by atoms with Gasteiger partial charge < -0.3 is 25.1 Å². The van der Waals surface area contributed by atoms with Crippen LogP contribution in [0.4, 0.5) is 5.13 Å². The minimum absolute atomic E-state index is 0.0153. The number of hydrogen-bond acceptors (Lipinski definition) is 11. The van der Waals surface area contributed by atoms with E-state index in [4.69, 9.17) is 15.3 Å². The Hall–Kier alpha value is -4.53. The summed E-state index contributed by atoms with van der Waals surface area (Å²) in [6.45, 7) is 0.708. The van der Waals surface area contributed by atoms with E-state index in [9.17, 15) is 14.4 Å². The molecule has 0 bridgehead atoms. The van der Waals surface area contributed by atoms with E-state index in [2.05, 4.69) is 41.0 Å². The zero-order valence-electron chi connectivity index (χ0n) is 25.2. The molecule has 12 nitrogen and oxygen atoms in total. The van der Waals surface area contributed by atoms with Crippen LogP contribution in [0.3, 0.4) is 0 Å². The number of nitrogens with two attached hydrogens (primary N) is 1. The van der Waals surface area contributed by atoms with Gasteiger partial charge in [0.25, 0.3) is 11.8 Å². The Morgan fingerprint density at radius 3 is 2.33 bits per heavy atom. The van der Waals surface area contributed by atoms with Crippen LogP contribution in [0.25, 0.3) is 0 Å². The molecule has 1 unspecified atom stereocenters. The molecular formula is C31H34N7O5S2+. The number of benzene rings is 2. The molecule has 5 rings (SSSR count). The zero-order chi connectivity index (χ0) is 32.1. The van der Waals surface area contributed by atoms with Crippen molar-refractivity contribution in [2.75, 3.05) is 46.3 Å². The summed E-state index contributed by atoms with van der Waals surface area (Å²) < 4.78 is 10.9. The Bertz CT molecular complexity index is 1610. The molecular weight excluding hydrogens is 615 g/mol. The number of anilines is 1. The number of nitrogen functional groups attached to an aromatic ring is 1. The zero-order valence-corrected chi connectivity index (χ0v) is 26.9. The first-order chi connectivity index (χ1) is 21.6. The fraction of sp³-hybridized carbons (Fsp3) is 0.290. The number of amides is 2. The van der Waals surface area contributed by atoms with Crippen LogP contribution in [-0.4, -0.2) is 94.2 Å². The Morgan fingerprint density at radius 1 is 1.13 bits per heavy atom. The fourth-order valence-electron chi connectivity index (χ4n) is 4.83. The maximum Gasteiger partial charge on any atom is 0.356 e. The number of allylic oxidation sites excluding steroid dienone is 1. The molecule has 234 valence electrons. The van der Waals surface area contributed by atoms with Crippen molar-refractivity contribution in [1.82, 2.24) is 19.6 Å². The number of rotatable bonds is 11. The van der Waals surface area contributed by atoms with E-state index < -0.39 is 35.3 Å². The maximum atomic E-state index is 14.1. The number of ether oxygens (including phenoxy) is 1. The third kappa shape index (κ3) is 7.24. The van der Waals surface area contributed by atoms with Crippen LogP contribution in [0.1, 0.15) is 23.1 Å². The van der Waals surface area contributed by atoms with Gasteiger partial charge in [0.15, 0.2) is 11.2 Å². The third-order valence-electron chi connectivity index (χ3n) is 6.93. The Labute approximate surface area is 269 Å². The average molecular weight is 649 g/mol. The second-order valence-electron chi connectivity index (χ2n) is 11.3. The van der Waals surface area contributed by atoms with Gasteiger partial charge in [-0.2, -0.15) is 9.36 Å². The molecule has 2 aromatic carbocycles. The topological polar surface area (TPSA) is 149 Å². The van der Waals surface area contributed by atoms with Crippen LogP contribution in [0.15, 0.2) is 89.2 Å². The standard InChI is InChI=1S/C31H33N7O5S2/c1-38(2,3)17-11-16-21-18-44-29-23(33-27(39)22(35-42-4)26-34-31(32)45-36-26)28(40)37(29)24(21)30(41)43-25(19-12-7-5-8-13-19)20-14-9-6-10-15-20/h5-16,23,25,29H,17-18H2,1-4H3,(H2-,32,33,34,36,39)/p+1/b16-11+,35-22-/t23?,29-/m1/s1. The summed E-state index contributed by atoms with van der Waals surface area (Å²) in [5, 5.41) is 6.07. The second-order valence-corrected chi connectivity index (χ2v) is 13.2. The van der Waals surface area contributed by atoms with E-state index in [-0.39, 0.29) is 22.4 Å². The van der Waals surface area contributed by atoms with Gasteiger partial charge in [0, 0.05) is 17.3 Å². The Balaban J connectivity index is 1.44. The minimum Gasteiger partial charge on any atom is -0.448 e. The highest BCUT2D eigenvalue weighted by Crippen LogP contribution is 2.42. The average Bonchev–Trinajstić information content (AvgIpc) is 3.46. The molecule has 0 saturated carbocycles. The molecule has 2 atom stereocenters. The van der Waals surface area contributed by atoms with Crippen molar-refractivity contribution in [2.45, 2.75) is 17.5 Å². The number of likely N-dealkylation sites (N-methyl/N-ethyl adjacent to an activating group) is 1. The number of aromatic nitrogens is 2. The molecule has 1 saturated heterocycles. The first-order valence-electron chi connectivity index (χ1n) is 14.0. The highest BCUT2D eigenvalue weighted by atomic mass is 32.2. The molecule has 0 radical (unpaired) electrons. The van der Waals surface area contributed by atoms with Gasteiger partial charge in [0.05, 0.1) is 27.7 Å². The summed E-state index contributed by atoms with van der Waals surface area (Å²) in [6, 6.07) is 18.0. The molecule has 1 aromatic heterocycles. The van der Waals surface area contributed by atoms with Crippen molar-refractivity contribution in [2.24, 2.45) is 5.16 Å². The molecule has 3 heterocycles. The van der Waals surface area contributed by atoms with Gasteiger partial charge in [-0.3, -0.25) is 14.5 Å². The molecule has 45 heavy (non-hydrogen) atoms. The van der Waals surface area contributed by atoms with Crippen molar-refractivity contribution < 1.29 is 28.4 Å². The number of nitrogens with one attached hydrogen (secondary N) is 1. The lowest BCUT2D eigenvalue weighted by atomic mass is 10.0. The van der Waals surface area contributed by atoms with Crippen LogP contribution < -0.4 is 11.1 Å². The number of esters is 1. The largest absolute Gasteiger partial charge is 0.448 e. The van der Waals surface area contributed by atoms with Crippen molar-refractivity contribution in [3.05, 3.63) is 101 Å². The van der Waals surface area contributed by atoms with Crippen LogP contribution in [-0.2, 0) is 24.0 Å². The molecule has 3 aromatic rings. The number of carbonyl (C=O) groups excluding carboxylic acids is 3. The van der Waals surface area contributed by atoms with Gasteiger partial charge in [0.2, 0.25) is 11.5 Å². The number of hydrogen-bond donors (Lipinski definition) is 2. The Morgan fingerprint density at radius 2 is 1.78 bits per heavy atom. The quantitative estimate of drug-likeness (QED) is 0.105. The van der Waals surface area contributed by atoms with E-state index in [1.54, 1.807) is 0 Å². The van der Waals surface area contributed by atoms with Gasteiger partial charge in [-0.05, 0) is 22.8 Å². The molecule has 0 aliphatic carbocycles. The summed E-state index contributed by atoms with van der Waals surface area (Å²) in [5.74, 6) is -1.39. The normalized spacial score (nSPS) is 18.6. The smallest absolute Gasteiger partial charge is 0.356 e. The number of carbonyl (C=O) groups is 3. The fourth-order valence-corrected chi connectivity index (χ4v) is 6.59. The van der Waals surface area contributed by atoms with Crippen molar-refractivity contribution in [3.8, 4) is 0 Å². The predicted molar refractivity (Wildman–Crippen MR) is 173 cm³/mol. The monoisotopic (exact) mass is 648 g/mol. The highest BCUT2D eigenvalue weighted by Gasteiger charge is 2.54. The molecule has 3 N–H and O–H groups in total. The van der Waals surface area contributed by atoms with Gasteiger partial charge in [-0.15, -0.1) is 11.8 Å². The molecule has 2 aliphatic rings. The van der Waals surface area contributed by atoms with Crippen LogP contribution in [0.2, 0.25) is 0 Å². The number of fused-ring (bicyclic) bond motifs is 1. The summed E-state index contributed by atoms with van der Waals surface area (Å²) in [6.07, 6.45) is 3.16. The van der Waals surface area contributed by atoms with Crippen molar-refractivity contribution in [3.63, 3.8) is 0 Å². The maximum absolute atomic E-state index is 14.1. The number of thioether (sulfide) groups is 1. The summed E-state index contributed by atoms with van der Waals surface area (Å²) in [4.78, 5) is 51.2. The molecule has 2 amide bonds. The number of β-lactam (4-membered cyclic amide) rings is 1. The summed E-state index contributed by atoms with van der Waals surface area (Å²) in [5.41, 5.74) is 7.87. The Kier molecular flexibility index (Phi) is 9.65. The van der Waals surface area contributed by atoms with E-state index in [0.717, 1.165) is 22.7 Å². The summed E-state index contributed by atoms with van der Waals surface area (Å²) >= 11 is 2.34. The van der Waals surface area contributed by atoms with Crippen LogP contribution in [0.5, 0.6) is 0 Å². The van der Waals surface area contributed by atoms with Crippen molar-refractivity contribution >= 4 is 51.9 Å². The van der Waals surface area contributed by atoms with E-state index in [0.29, 0.717) is 22.4 Å². The number of oxime groups is 1. The van der Waals surface area contributed by atoms with Gasteiger partial charge in [0.1, 0.15) is 24.2 Å². The first kappa shape index (κ1) is 31.9. The third-order valence-corrected chi connectivity index (χ3v) is 8.78. The van der Waals surface area contributed by atoms with E-state index >= 15 is 0 Å². The SMILES string of the molecule is CO/N=C(\C(=O)NC1C(=O)N2C(C(=O)OC(c3ccccc3)c3ccccc3)=C(/C=C/C[N+](C)(C)C)CS[C@H]12)c1nsc(N)n1. The highest BCUT2D eigenvalue weighted by molar-refractivity contribution is 8.00. The van der Waals surface area contributed by atoms with Gasteiger partial charge in [-0.1, -0.05) is 71.9 Å². The molecule has 14 heteroatoms. The summed E-state index contributed by atoms with van der Waals surface area (Å²) in [7, 11) is 7.47. The first-order valence-corrected chi connectivity index (χ1v) is 15.9. The van der Waals surface area contributed by atoms with Gasteiger partial charge >= 0.3 is 5.97 Å². The lowest BCUT2D eigenvalue weighted by Gasteiger charge is -2.49. The minimum atomic E-state index is -0.931. The molecule has 0 spiro atoms. The van der Waals surface area contributed by atoms with Gasteiger partial charge in [-0.25, -0.2) is 4.79 Å². The van der Waals surface area contributed by atoms with Crippen LogP contribution in [0, 0.1) is 0 Å². The molecule has 2 aliphatic heterocycles. The van der Waals surface area contributed by atoms with Crippen molar-refractivity contribution in [1.29, 1.82) is 0 Å². The molecule has 1 fully saturated rings. The van der Waals surface area contributed by atoms with E-state index in [1.165, 1.54) is 23.8 Å². The van der Waals surface area contributed by atoms with Crippen LogP contribution >= 0.6 is 23.3 Å². The number of quaternary nitrogens is 1. The second kappa shape index (κ2) is 13.6. The lowest BCUT2D eigenvalue weighted by molar-refractivity contribution is -0.864. The van der Waals surface area contributed by atoms with E-state index in [1.807, 2.05) is 72.8 Å².